The predicted molar refractivity (Wildman–Crippen MR) is 65.7 cm³/mol. The number of nitrogens with zero attached hydrogens (tertiary/aromatic N) is 2. The molecule has 1 heterocycles. The molecule has 2 rings (SSSR count). The van der Waals surface area contributed by atoms with Crippen LogP contribution in [0.15, 0.2) is 18.2 Å². The molecule has 0 aliphatic rings. The second-order valence-corrected chi connectivity index (χ2v) is 4.81. The summed E-state index contributed by atoms with van der Waals surface area (Å²) in [6, 6.07) is -0.0355. The van der Waals surface area contributed by atoms with Gasteiger partial charge < -0.3 is 0 Å². The minimum absolute atomic E-state index is 0.149. The maximum absolute atomic E-state index is 13.1. The van der Waals surface area contributed by atoms with Crippen molar-refractivity contribution in [1.82, 2.24) is 10.2 Å². The summed E-state index contributed by atoms with van der Waals surface area (Å²) < 4.78 is 115. The fourth-order valence-corrected chi connectivity index (χ4v) is 2.06. The number of aromatic amines is 1. The first-order valence-corrected chi connectivity index (χ1v) is 6.22. The number of nitrogens with one attached hydrogen (secondary N) is 1. The summed E-state index contributed by atoms with van der Waals surface area (Å²) in [6.45, 7) is 0. The van der Waals surface area contributed by atoms with Gasteiger partial charge in [-0.15, -0.1) is 0 Å². The molecule has 2 aromatic rings. The third kappa shape index (κ3) is 3.57. The number of nitro groups is 1. The van der Waals surface area contributed by atoms with Crippen molar-refractivity contribution in [3.05, 3.63) is 45.1 Å². The zero-order valence-electron chi connectivity index (χ0n) is 11.8. The Morgan fingerprint density at radius 3 is 1.92 bits per heavy atom. The molecule has 0 aliphatic carbocycles. The zero-order chi connectivity index (χ0) is 20.1. The van der Waals surface area contributed by atoms with Crippen LogP contribution in [0, 0.1) is 10.1 Å². The van der Waals surface area contributed by atoms with Crippen LogP contribution in [-0.2, 0) is 18.5 Å². The highest BCUT2D eigenvalue weighted by Crippen LogP contribution is 2.45. The summed E-state index contributed by atoms with van der Waals surface area (Å²) in [6.07, 6.45) is -16.0. The van der Waals surface area contributed by atoms with E-state index < -0.39 is 57.2 Å². The van der Waals surface area contributed by atoms with Crippen LogP contribution < -0.4 is 0 Å². The van der Waals surface area contributed by atoms with Crippen molar-refractivity contribution in [1.29, 1.82) is 0 Å². The predicted octanol–water partition coefficient (Wildman–Crippen LogP) is 5.04. The van der Waals surface area contributed by atoms with E-state index in [4.69, 9.17) is 0 Å². The highest BCUT2D eigenvalue weighted by atomic mass is 19.4. The molecule has 26 heavy (non-hydrogen) atoms. The van der Waals surface area contributed by atoms with E-state index in [0.717, 1.165) is 0 Å². The molecule has 0 amide bonds. The molecule has 0 atom stereocenters. The summed E-state index contributed by atoms with van der Waals surface area (Å²) in [4.78, 5) is 9.27. The summed E-state index contributed by atoms with van der Waals surface area (Å²) in [5.74, 6) is 0. The van der Waals surface area contributed by atoms with Crippen LogP contribution >= 0.6 is 0 Å². The maximum atomic E-state index is 13.1. The molecule has 0 bridgehead atoms. The molecule has 1 aromatic heterocycles. The van der Waals surface area contributed by atoms with Gasteiger partial charge in [-0.1, -0.05) is 6.07 Å². The van der Waals surface area contributed by atoms with Crippen molar-refractivity contribution in [3.8, 4) is 11.3 Å². The van der Waals surface area contributed by atoms with Crippen molar-refractivity contribution in [2.75, 3.05) is 0 Å². The highest BCUT2D eigenvalue weighted by molar-refractivity contribution is 5.75. The van der Waals surface area contributed by atoms with Crippen LogP contribution in [0.3, 0.4) is 0 Å². The number of aromatic nitrogens is 2. The average molecular weight is 393 g/mol. The van der Waals surface area contributed by atoms with Crippen molar-refractivity contribution < 1.29 is 44.4 Å². The quantitative estimate of drug-likeness (QED) is 0.441. The van der Waals surface area contributed by atoms with Crippen LogP contribution in [0.1, 0.15) is 16.8 Å². The zero-order valence-corrected chi connectivity index (χ0v) is 11.8. The van der Waals surface area contributed by atoms with E-state index in [2.05, 4.69) is 5.10 Å². The van der Waals surface area contributed by atoms with Gasteiger partial charge in [-0.05, 0) is 12.1 Å². The van der Waals surface area contributed by atoms with Crippen molar-refractivity contribution in [2.45, 2.75) is 18.5 Å². The summed E-state index contributed by atoms with van der Waals surface area (Å²) in [5, 5.41) is 15.0. The molecule has 1 N–H and O–H groups in total. The van der Waals surface area contributed by atoms with Gasteiger partial charge in [0.05, 0.1) is 16.1 Å². The minimum atomic E-state index is -5.44. The van der Waals surface area contributed by atoms with E-state index in [1.165, 1.54) is 5.10 Å². The third-order valence-corrected chi connectivity index (χ3v) is 3.11. The Hall–Kier alpha value is -2.80. The standard InChI is InChI=1S/C12H4F9N3O2/c13-10(14,15)4-1-2-5(6(3-4)11(16,17)18)7-8(24(25)26)9(23-22-7)12(19,20)21/h1-3H,(H,22,23). The number of rotatable bonds is 2. The average Bonchev–Trinajstić information content (AvgIpc) is 2.89. The Morgan fingerprint density at radius 1 is 0.923 bits per heavy atom. The second kappa shape index (κ2) is 5.88. The normalized spacial score (nSPS) is 13.1. The van der Waals surface area contributed by atoms with Gasteiger partial charge in [0.1, 0.15) is 0 Å². The fourth-order valence-electron chi connectivity index (χ4n) is 2.06. The lowest BCUT2D eigenvalue weighted by Gasteiger charge is -2.14. The minimum Gasteiger partial charge on any atom is -0.267 e. The highest BCUT2D eigenvalue weighted by Gasteiger charge is 2.46. The van der Waals surface area contributed by atoms with Gasteiger partial charge in [0.15, 0.2) is 5.69 Å². The molecule has 5 nitrogen and oxygen atoms in total. The molecular formula is C12H4F9N3O2. The molecule has 0 aliphatic heterocycles. The van der Waals surface area contributed by atoms with Gasteiger partial charge in [-0.25, -0.2) is 0 Å². The third-order valence-electron chi connectivity index (χ3n) is 3.11. The number of hydrogen-bond donors (Lipinski definition) is 1. The molecule has 0 fully saturated rings. The van der Waals surface area contributed by atoms with Crippen LogP contribution in [0.4, 0.5) is 45.2 Å². The first-order valence-electron chi connectivity index (χ1n) is 6.22. The van der Waals surface area contributed by atoms with Crippen LogP contribution in [0.2, 0.25) is 0 Å². The van der Waals surface area contributed by atoms with E-state index in [0.29, 0.717) is 0 Å². The topological polar surface area (TPSA) is 71.8 Å². The molecule has 1 aromatic carbocycles. The summed E-state index contributed by atoms with van der Waals surface area (Å²) in [7, 11) is 0. The Kier molecular flexibility index (Phi) is 4.41. The molecule has 0 saturated heterocycles. The Labute approximate surface area is 136 Å². The van der Waals surface area contributed by atoms with Gasteiger partial charge in [0, 0.05) is 5.56 Å². The van der Waals surface area contributed by atoms with Crippen molar-refractivity contribution >= 4 is 5.69 Å². The van der Waals surface area contributed by atoms with Crippen LogP contribution in [0.25, 0.3) is 11.3 Å². The molecule has 0 saturated carbocycles. The van der Waals surface area contributed by atoms with Crippen LogP contribution in [-0.4, -0.2) is 15.1 Å². The van der Waals surface area contributed by atoms with Gasteiger partial charge in [0.2, 0.25) is 5.69 Å². The SMILES string of the molecule is O=[N+]([O-])c1c(-c2ccc(C(F)(F)F)cc2C(F)(F)F)n[nH]c1C(F)(F)F. The summed E-state index contributed by atoms with van der Waals surface area (Å²) in [5.41, 5.74) is -10.3. The lowest BCUT2D eigenvalue weighted by atomic mass is 9.99. The first-order chi connectivity index (χ1) is 11.6. The Balaban J connectivity index is 2.81. The summed E-state index contributed by atoms with van der Waals surface area (Å²) >= 11 is 0. The number of halogens is 9. The maximum Gasteiger partial charge on any atom is 0.439 e. The largest absolute Gasteiger partial charge is 0.439 e. The lowest BCUT2D eigenvalue weighted by Crippen LogP contribution is -2.12. The van der Waals surface area contributed by atoms with E-state index >= 15 is 0 Å². The van der Waals surface area contributed by atoms with E-state index in [1.54, 1.807) is 0 Å². The molecule has 142 valence electrons. The smallest absolute Gasteiger partial charge is 0.267 e. The molecule has 0 spiro atoms. The molecule has 14 heteroatoms. The fraction of sp³-hybridized carbons (Fsp3) is 0.250. The number of benzene rings is 1. The molecular weight excluding hydrogens is 389 g/mol. The first kappa shape index (κ1) is 19.5. The van der Waals surface area contributed by atoms with Gasteiger partial charge in [-0.3, -0.25) is 15.2 Å². The van der Waals surface area contributed by atoms with Gasteiger partial charge in [-0.2, -0.15) is 44.6 Å². The van der Waals surface area contributed by atoms with Crippen molar-refractivity contribution in [3.63, 3.8) is 0 Å². The monoisotopic (exact) mass is 393 g/mol. The van der Waals surface area contributed by atoms with E-state index in [1.807, 2.05) is 0 Å². The number of alkyl halides is 9. The van der Waals surface area contributed by atoms with Gasteiger partial charge >= 0.3 is 24.2 Å². The van der Waals surface area contributed by atoms with Crippen LogP contribution in [0.5, 0.6) is 0 Å². The number of hydrogen-bond acceptors (Lipinski definition) is 3. The van der Waals surface area contributed by atoms with E-state index in [-0.39, 0.29) is 18.2 Å². The van der Waals surface area contributed by atoms with Crippen molar-refractivity contribution in [2.24, 2.45) is 0 Å². The Morgan fingerprint density at radius 2 is 1.50 bits per heavy atom. The Bertz CT molecular complexity index is 849. The van der Waals surface area contributed by atoms with Gasteiger partial charge in [0.25, 0.3) is 0 Å². The van der Waals surface area contributed by atoms with E-state index in [9.17, 15) is 49.6 Å². The molecule has 0 radical (unpaired) electrons. The lowest BCUT2D eigenvalue weighted by molar-refractivity contribution is -0.387. The number of H-pyrrole nitrogens is 1. The second-order valence-electron chi connectivity index (χ2n) is 4.81. The molecule has 0 unspecified atom stereocenters.